The van der Waals surface area contributed by atoms with Crippen LogP contribution in [-0.4, -0.2) is 22.5 Å². The zero-order chi connectivity index (χ0) is 11.5. The van der Waals surface area contributed by atoms with E-state index in [-0.39, 0.29) is 5.82 Å². The highest BCUT2D eigenvalue weighted by Gasteiger charge is 2.31. The summed E-state index contributed by atoms with van der Waals surface area (Å²) in [6, 6.07) is 1.78. The van der Waals surface area contributed by atoms with E-state index in [2.05, 4.69) is 9.72 Å². The van der Waals surface area contributed by atoms with Gasteiger partial charge in [-0.2, -0.15) is 0 Å². The van der Waals surface area contributed by atoms with Crippen molar-refractivity contribution in [2.24, 2.45) is 0 Å². The van der Waals surface area contributed by atoms with Gasteiger partial charge in [0, 0.05) is 12.3 Å². The lowest BCUT2D eigenvalue weighted by atomic mass is 10.4. The van der Waals surface area contributed by atoms with Gasteiger partial charge < -0.3 is 9.84 Å². The van der Waals surface area contributed by atoms with Crippen LogP contribution in [0.15, 0.2) is 18.3 Å². The van der Waals surface area contributed by atoms with Gasteiger partial charge in [0.05, 0.1) is 0 Å². The molecule has 0 fully saturated rings. The molecular formula is C7H5F3N2O3. The normalized spacial score (nSPS) is 10.9. The van der Waals surface area contributed by atoms with Gasteiger partial charge >= 0.3 is 12.5 Å². The van der Waals surface area contributed by atoms with Crippen molar-refractivity contribution in [2.45, 2.75) is 6.36 Å². The van der Waals surface area contributed by atoms with Gasteiger partial charge in [0.25, 0.3) is 0 Å². The van der Waals surface area contributed by atoms with Crippen molar-refractivity contribution in [3.8, 4) is 5.75 Å². The van der Waals surface area contributed by atoms with E-state index in [0.717, 1.165) is 18.3 Å². The number of amides is 1. The third kappa shape index (κ3) is 4.16. The number of carbonyl (C=O) groups is 1. The Bertz CT molecular complexity index is 367. The summed E-state index contributed by atoms with van der Waals surface area (Å²) >= 11 is 0. The smallest absolute Gasteiger partial charge is 0.465 e. The molecule has 15 heavy (non-hydrogen) atoms. The van der Waals surface area contributed by atoms with Crippen LogP contribution in [0.5, 0.6) is 5.75 Å². The maximum absolute atomic E-state index is 11.8. The molecule has 82 valence electrons. The summed E-state index contributed by atoms with van der Waals surface area (Å²) in [7, 11) is 0. The molecular weight excluding hydrogens is 217 g/mol. The summed E-state index contributed by atoms with van der Waals surface area (Å²) < 4.78 is 38.8. The third-order valence-electron chi connectivity index (χ3n) is 1.20. The van der Waals surface area contributed by atoms with Crippen molar-refractivity contribution < 1.29 is 27.8 Å². The molecule has 0 atom stereocenters. The molecule has 1 aromatic rings. The molecule has 0 aliphatic rings. The highest BCUT2D eigenvalue weighted by molar-refractivity contribution is 5.81. The van der Waals surface area contributed by atoms with E-state index in [1.54, 1.807) is 5.32 Å². The first-order chi connectivity index (χ1) is 6.87. The maximum Gasteiger partial charge on any atom is 0.573 e. The SMILES string of the molecule is O=C(O)Nc1cc(OC(F)(F)F)ccn1. The van der Waals surface area contributed by atoms with Crippen LogP contribution in [-0.2, 0) is 0 Å². The summed E-state index contributed by atoms with van der Waals surface area (Å²) in [5.41, 5.74) is 0. The van der Waals surface area contributed by atoms with Gasteiger partial charge in [0.2, 0.25) is 0 Å². The number of halogens is 3. The number of alkyl halides is 3. The fraction of sp³-hybridized carbons (Fsp3) is 0.143. The molecule has 5 nitrogen and oxygen atoms in total. The topological polar surface area (TPSA) is 71.5 Å². The molecule has 1 aromatic heterocycles. The van der Waals surface area contributed by atoms with Crippen LogP contribution in [0.1, 0.15) is 0 Å². The van der Waals surface area contributed by atoms with E-state index in [0.29, 0.717) is 0 Å². The molecule has 0 bridgehead atoms. The zero-order valence-corrected chi connectivity index (χ0v) is 7.08. The second kappa shape index (κ2) is 4.03. The maximum atomic E-state index is 11.8. The van der Waals surface area contributed by atoms with Crippen LogP contribution in [0.4, 0.5) is 23.8 Å². The van der Waals surface area contributed by atoms with Gasteiger partial charge in [0.1, 0.15) is 11.6 Å². The molecule has 8 heteroatoms. The van der Waals surface area contributed by atoms with Crippen molar-refractivity contribution in [2.75, 3.05) is 5.32 Å². The van der Waals surface area contributed by atoms with Crippen molar-refractivity contribution >= 4 is 11.9 Å². The number of nitrogens with one attached hydrogen (secondary N) is 1. The Morgan fingerprint density at radius 2 is 2.20 bits per heavy atom. The first-order valence-corrected chi connectivity index (χ1v) is 3.58. The van der Waals surface area contributed by atoms with Crippen LogP contribution >= 0.6 is 0 Å². The second-order valence-electron chi connectivity index (χ2n) is 2.35. The van der Waals surface area contributed by atoms with E-state index in [9.17, 15) is 18.0 Å². The second-order valence-corrected chi connectivity index (χ2v) is 2.35. The number of pyridine rings is 1. The number of hydrogen-bond donors (Lipinski definition) is 2. The number of anilines is 1. The lowest BCUT2D eigenvalue weighted by molar-refractivity contribution is -0.274. The monoisotopic (exact) mass is 222 g/mol. The molecule has 2 N–H and O–H groups in total. The molecule has 0 unspecified atom stereocenters. The lowest BCUT2D eigenvalue weighted by Crippen LogP contribution is -2.17. The van der Waals surface area contributed by atoms with E-state index in [1.165, 1.54) is 0 Å². The minimum Gasteiger partial charge on any atom is -0.465 e. The van der Waals surface area contributed by atoms with Crippen molar-refractivity contribution in [1.29, 1.82) is 0 Å². The predicted molar refractivity (Wildman–Crippen MR) is 42.6 cm³/mol. The van der Waals surface area contributed by atoms with E-state index in [1.807, 2.05) is 0 Å². The van der Waals surface area contributed by atoms with Gasteiger partial charge in [-0.15, -0.1) is 13.2 Å². The van der Waals surface area contributed by atoms with E-state index >= 15 is 0 Å². The lowest BCUT2D eigenvalue weighted by Gasteiger charge is -2.09. The van der Waals surface area contributed by atoms with Crippen LogP contribution < -0.4 is 10.1 Å². The van der Waals surface area contributed by atoms with Crippen molar-refractivity contribution in [3.05, 3.63) is 18.3 Å². The largest absolute Gasteiger partial charge is 0.573 e. The first-order valence-electron chi connectivity index (χ1n) is 3.58. The highest BCUT2D eigenvalue weighted by atomic mass is 19.4. The van der Waals surface area contributed by atoms with Gasteiger partial charge in [-0.05, 0) is 6.07 Å². The summed E-state index contributed by atoms with van der Waals surface area (Å²) in [4.78, 5) is 13.6. The first kappa shape index (κ1) is 11.1. The number of carboxylic acid groups (broad SMARTS) is 1. The Morgan fingerprint density at radius 3 is 2.73 bits per heavy atom. The van der Waals surface area contributed by atoms with Crippen molar-refractivity contribution in [1.82, 2.24) is 4.98 Å². The molecule has 0 saturated carbocycles. The highest BCUT2D eigenvalue weighted by Crippen LogP contribution is 2.23. The van der Waals surface area contributed by atoms with Crippen LogP contribution in [0.2, 0.25) is 0 Å². The quantitative estimate of drug-likeness (QED) is 0.803. The molecule has 1 heterocycles. The zero-order valence-electron chi connectivity index (χ0n) is 7.08. The number of aromatic nitrogens is 1. The Labute approximate surface area is 81.5 Å². The van der Waals surface area contributed by atoms with Gasteiger partial charge in [0.15, 0.2) is 0 Å². The molecule has 0 saturated heterocycles. The predicted octanol–water partition coefficient (Wildman–Crippen LogP) is 2.07. The summed E-state index contributed by atoms with van der Waals surface area (Å²) in [5, 5.41) is 10.1. The number of nitrogens with zero attached hydrogens (tertiary/aromatic N) is 1. The summed E-state index contributed by atoms with van der Waals surface area (Å²) in [6.45, 7) is 0. The fourth-order valence-electron chi connectivity index (χ4n) is 0.786. The standard InChI is InChI=1S/C7H5F3N2O3/c8-7(9,10)15-4-1-2-11-5(3-4)12-6(13)14/h1-3H,(H,11,12)(H,13,14). The summed E-state index contributed by atoms with van der Waals surface area (Å²) in [5.74, 6) is -0.787. The molecule has 0 radical (unpaired) electrons. The number of ether oxygens (including phenoxy) is 1. The van der Waals surface area contributed by atoms with Crippen LogP contribution in [0.25, 0.3) is 0 Å². The average molecular weight is 222 g/mol. The van der Waals surface area contributed by atoms with Crippen LogP contribution in [0, 0.1) is 0 Å². The van der Waals surface area contributed by atoms with Gasteiger partial charge in [-0.25, -0.2) is 9.78 Å². The number of rotatable bonds is 2. The fourth-order valence-corrected chi connectivity index (χ4v) is 0.786. The molecule has 0 aliphatic heterocycles. The molecule has 0 aliphatic carbocycles. The number of hydrogen-bond acceptors (Lipinski definition) is 3. The minimum atomic E-state index is -4.82. The van der Waals surface area contributed by atoms with E-state index < -0.39 is 18.2 Å². The Hall–Kier alpha value is -1.99. The van der Waals surface area contributed by atoms with Gasteiger partial charge in [-0.1, -0.05) is 0 Å². The Balaban J connectivity index is 2.79. The van der Waals surface area contributed by atoms with E-state index in [4.69, 9.17) is 5.11 Å². The summed E-state index contributed by atoms with van der Waals surface area (Å²) in [6.07, 6.45) is -5.25. The molecule has 0 spiro atoms. The van der Waals surface area contributed by atoms with Gasteiger partial charge in [-0.3, -0.25) is 5.32 Å². The molecule has 1 rings (SSSR count). The van der Waals surface area contributed by atoms with Crippen molar-refractivity contribution in [3.63, 3.8) is 0 Å². The minimum absolute atomic E-state index is 0.246. The Kier molecular flexibility index (Phi) is 2.98. The molecule has 1 amide bonds. The molecule has 0 aromatic carbocycles. The van der Waals surface area contributed by atoms with Crippen LogP contribution in [0.3, 0.4) is 0 Å². The third-order valence-corrected chi connectivity index (χ3v) is 1.20. The average Bonchev–Trinajstić information content (AvgIpc) is 1.99. The Morgan fingerprint density at radius 1 is 1.53 bits per heavy atom.